The summed E-state index contributed by atoms with van der Waals surface area (Å²) in [6, 6.07) is 4.08. The Balaban J connectivity index is 2.34. The summed E-state index contributed by atoms with van der Waals surface area (Å²) in [5, 5.41) is 1.04. The topological polar surface area (TPSA) is 3.24 Å². The fraction of sp³-hybridized carbons (Fsp3) is 0.538. The number of unbranched alkanes of at least 4 members (excludes halogenated alkanes) is 2. The first kappa shape index (κ1) is 14.6. The van der Waals surface area contributed by atoms with Gasteiger partial charge in [-0.2, -0.15) is 0 Å². The molecule has 0 saturated heterocycles. The largest absolute Gasteiger partial charge is 0.302 e. The lowest BCUT2D eigenvalue weighted by Gasteiger charge is -2.16. The third kappa shape index (κ3) is 5.59. The standard InChI is InChI=1S/C13H18BrF2N/c1-17(8-4-2-3-7-14)10-11-5-6-12(15)13(16)9-11/h5-6,9H,2-4,7-8,10H2,1H3. The molecule has 0 bridgehead atoms. The van der Waals surface area contributed by atoms with Crippen LogP contribution in [0.1, 0.15) is 24.8 Å². The summed E-state index contributed by atoms with van der Waals surface area (Å²) < 4.78 is 25.7. The average Bonchev–Trinajstić information content (AvgIpc) is 2.30. The van der Waals surface area contributed by atoms with Crippen LogP contribution >= 0.6 is 15.9 Å². The molecule has 0 amide bonds. The Morgan fingerprint density at radius 1 is 1.12 bits per heavy atom. The molecule has 96 valence electrons. The second kappa shape index (κ2) is 7.77. The molecule has 0 aromatic heterocycles. The van der Waals surface area contributed by atoms with Gasteiger partial charge < -0.3 is 4.90 Å². The Morgan fingerprint density at radius 2 is 1.88 bits per heavy atom. The molecule has 0 spiro atoms. The normalized spacial score (nSPS) is 11.1. The first-order chi connectivity index (χ1) is 8.13. The molecule has 0 atom stereocenters. The zero-order valence-corrected chi connectivity index (χ0v) is 11.6. The van der Waals surface area contributed by atoms with Gasteiger partial charge in [0, 0.05) is 11.9 Å². The van der Waals surface area contributed by atoms with E-state index in [1.54, 1.807) is 6.07 Å². The minimum absolute atomic E-state index is 0.658. The minimum Gasteiger partial charge on any atom is -0.302 e. The van der Waals surface area contributed by atoms with Crippen molar-refractivity contribution in [1.29, 1.82) is 0 Å². The van der Waals surface area contributed by atoms with E-state index >= 15 is 0 Å². The molecule has 17 heavy (non-hydrogen) atoms. The predicted molar refractivity (Wildman–Crippen MR) is 70.3 cm³/mol. The van der Waals surface area contributed by atoms with E-state index in [0.717, 1.165) is 23.9 Å². The van der Waals surface area contributed by atoms with Crippen LogP contribution in [0.4, 0.5) is 8.78 Å². The van der Waals surface area contributed by atoms with Crippen LogP contribution in [-0.2, 0) is 6.54 Å². The molecule has 0 heterocycles. The maximum absolute atomic E-state index is 13.0. The van der Waals surface area contributed by atoms with E-state index < -0.39 is 11.6 Å². The highest BCUT2D eigenvalue weighted by molar-refractivity contribution is 9.09. The van der Waals surface area contributed by atoms with E-state index in [0.29, 0.717) is 6.54 Å². The lowest BCUT2D eigenvalue weighted by molar-refractivity contribution is 0.317. The van der Waals surface area contributed by atoms with Crippen LogP contribution in [0.5, 0.6) is 0 Å². The van der Waals surface area contributed by atoms with Crippen LogP contribution in [0.3, 0.4) is 0 Å². The first-order valence-electron chi connectivity index (χ1n) is 5.82. The Labute approximate surface area is 110 Å². The van der Waals surface area contributed by atoms with E-state index in [1.807, 2.05) is 7.05 Å². The van der Waals surface area contributed by atoms with Crippen molar-refractivity contribution in [3.63, 3.8) is 0 Å². The summed E-state index contributed by atoms with van der Waals surface area (Å²) >= 11 is 3.39. The zero-order valence-electron chi connectivity index (χ0n) is 10.1. The molecule has 0 N–H and O–H groups in total. The highest BCUT2D eigenvalue weighted by atomic mass is 79.9. The molecule has 0 saturated carbocycles. The van der Waals surface area contributed by atoms with Crippen molar-refractivity contribution in [2.45, 2.75) is 25.8 Å². The van der Waals surface area contributed by atoms with Gasteiger partial charge in [-0.1, -0.05) is 28.4 Å². The van der Waals surface area contributed by atoms with Gasteiger partial charge in [-0.05, 0) is 44.1 Å². The van der Waals surface area contributed by atoms with Crippen LogP contribution in [0, 0.1) is 11.6 Å². The second-order valence-electron chi connectivity index (χ2n) is 4.24. The van der Waals surface area contributed by atoms with E-state index in [-0.39, 0.29) is 0 Å². The number of rotatable bonds is 7. The number of nitrogens with zero attached hydrogens (tertiary/aromatic N) is 1. The molecule has 1 aromatic rings. The summed E-state index contributed by atoms with van der Waals surface area (Å²) in [7, 11) is 2.00. The molecule has 1 aromatic carbocycles. The van der Waals surface area contributed by atoms with Crippen molar-refractivity contribution in [3.8, 4) is 0 Å². The highest BCUT2D eigenvalue weighted by Gasteiger charge is 2.04. The highest BCUT2D eigenvalue weighted by Crippen LogP contribution is 2.11. The van der Waals surface area contributed by atoms with E-state index in [1.165, 1.54) is 25.0 Å². The molecule has 0 unspecified atom stereocenters. The zero-order chi connectivity index (χ0) is 12.7. The van der Waals surface area contributed by atoms with Crippen LogP contribution in [-0.4, -0.2) is 23.8 Å². The lowest BCUT2D eigenvalue weighted by atomic mass is 10.2. The third-order valence-corrected chi connectivity index (χ3v) is 3.17. The van der Waals surface area contributed by atoms with Gasteiger partial charge in [0.05, 0.1) is 0 Å². The second-order valence-corrected chi connectivity index (χ2v) is 5.03. The SMILES string of the molecule is CN(CCCCCBr)Cc1ccc(F)c(F)c1. The van der Waals surface area contributed by atoms with Gasteiger partial charge in [-0.25, -0.2) is 8.78 Å². The lowest BCUT2D eigenvalue weighted by Crippen LogP contribution is -2.19. The third-order valence-electron chi connectivity index (χ3n) is 2.61. The molecule has 1 rings (SSSR count). The van der Waals surface area contributed by atoms with E-state index in [4.69, 9.17) is 0 Å². The Kier molecular flexibility index (Phi) is 6.66. The van der Waals surface area contributed by atoms with Crippen molar-refractivity contribution in [2.75, 3.05) is 18.9 Å². The van der Waals surface area contributed by atoms with E-state index in [2.05, 4.69) is 20.8 Å². The van der Waals surface area contributed by atoms with Crippen molar-refractivity contribution in [1.82, 2.24) is 4.90 Å². The molecular weight excluding hydrogens is 288 g/mol. The maximum Gasteiger partial charge on any atom is 0.159 e. The molecule has 0 radical (unpaired) electrons. The number of hydrogen-bond donors (Lipinski definition) is 0. The van der Waals surface area contributed by atoms with Crippen molar-refractivity contribution < 1.29 is 8.78 Å². The summed E-state index contributed by atoms with van der Waals surface area (Å²) in [6.07, 6.45) is 3.50. The monoisotopic (exact) mass is 305 g/mol. The fourth-order valence-corrected chi connectivity index (χ4v) is 2.08. The fourth-order valence-electron chi connectivity index (χ4n) is 1.68. The van der Waals surface area contributed by atoms with Gasteiger partial charge in [0.2, 0.25) is 0 Å². The van der Waals surface area contributed by atoms with Crippen LogP contribution in [0.15, 0.2) is 18.2 Å². The Hall–Kier alpha value is -0.480. The number of hydrogen-bond acceptors (Lipinski definition) is 1. The van der Waals surface area contributed by atoms with Gasteiger partial charge in [-0.3, -0.25) is 0 Å². The van der Waals surface area contributed by atoms with Gasteiger partial charge >= 0.3 is 0 Å². The summed E-state index contributed by atoms with van der Waals surface area (Å²) in [4.78, 5) is 2.13. The van der Waals surface area contributed by atoms with Crippen LogP contribution in [0.2, 0.25) is 0 Å². The smallest absolute Gasteiger partial charge is 0.159 e. The van der Waals surface area contributed by atoms with Gasteiger partial charge in [0.25, 0.3) is 0 Å². The average molecular weight is 306 g/mol. The predicted octanol–water partition coefficient (Wildman–Crippen LogP) is 3.96. The molecule has 0 fully saturated rings. The van der Waals surface area contributed by atoms with Crippen molar-refractivity contribution in [3.05, 3.63) is 35.4 Å². The van der Waals surface area contributed by atoms with Crippen molar-refractivity contribution in [2.24, 2.45) is 0 Å². The van der Waals surface area contributed by atoms with Crippen LogP contribution in [0.25, 0.3) is 0 Å². The molecule has 1 nitrogen and oxygen atoms in total. The Bertz CT molecular complexity index is 344. The molecular formula is C13H18BrF2N. The van der Waals surface area contributed by atoms with Gasteiger partial charge in [0.15, 0.2) is 11.6 Å². The summed E-state index contributed by atoms with van der Waals surface area (Å²) in [6.45, 7) is 1.64. The number of halogens is 3. The molecule has 0 aliphatic rings. The quantitative estimate of drug-likeness (QED) is 0.544. The minimum atomic E-state index is -0.784. The Morgan fingerprint density at radius 3 is 2.53 bits per heavy atom. The summed E-state index contributed by atoms with van der Waals surface area (Å²) in [5.41, 5.74) is 0.812. The number of benzene rings is 1. The van der Waals surface area contributed by atoms with Gasteiger partial charge in [-0.15, -0.1) is 0 Å². The first-order valence-corrected chi connectivity index (χ1v) is 6.94. The molecule has 0 aliphatic carbocycles. The molecule has 0 aliphatic heterocycles. The molecule has 4 heteroatoms. The van der Waals surface area contributed by atoms with E-state index in [9.17, 15) is 8.78 Å². The number of alkyl halides is 1. The maximum atomic E-state index is 13.0. The van der Waals surface area contributed by atoms with Crippen LogP contribution < -0.4 is 0 Å². The van der Waals surface area contributed by atoms with Crippen molar-refractivity contribution >= 4 is 15.9 Å². The van der Waals surface area contributed by atoms with Gasteiger partial charge in [0.1, 0.15) is 0 Å². The summed E-state index contributed by atoms with van der Waals surface area (Å²) in [5.74, 6) is -1.55.